The van der Waals surface area contributed by atoms with Crippen LogP contribution in [0.4, 0.5) is 4.39 Å². The number of rotatable bonds is 6. The monoisotopic (exact) mass is 291 g/mol. The highest BCUT2D eigenvalue weighted by molar-refractivity contribution is 6.31. The summed E-state index contributed by atoms with van der Waals surface area (Å²) in [6, 6.07) is 15.3. The molecule has 0 radical (unpaired) electrons. The summed E-state index contributed by atoms with van der Waals surface area (Å²) in [4.78, 5) is 0. The van der Waals surface area contributed by atoms with E-state index in [9.17, 15) is 4.39 Å². The minimum Gasteiger partial charge on any atom is -0.310 e. The Morgan fingerprint density at radius 2 is 1.90 bits per heavy atom. The molecule has 1 unspecified atom stereocenters. The predicted octanol–water partition coefficient (Wildman–Crippen LogP) is 4.59. The van der Waals surface area contributed by atoms with Crippen molar-refractivity contribution in [1.82, 2.24) is 5.32 Å². The fraction of sp³-hybridized carbons (Fsp3) is 0.294. The van der Waals surface area contributed by atoms with Crippen molar-refractivity contribution in [3.8, 4) is 0 Å². The van der Waals surface area contributed by atoms with E-state index in [0.29, 0.717) is 17.6 Å². The summed E-state index contributed by atoms with van der Waals surface area (Å²) in [5.41, 5.74) is 2.28. The SMILES string of the molecule is CC(CCc1ccccc1)NCc1ccc(F)cc1Cl. The van der Waals surface area contributed by atoms with Crippen LogP contribution in [-0.2, 0) is 13.0 Å². The molecule has 1 nitrogen and oxygen atoms in total. The highest BCUT2D eigenvalue weighted by atomic mass is 35.5. The van der Waals surface area contributed by atoms with Gasteiger partial charge in [-0.3, -0.25) is 0 Å². The van der Waals surface area contributed by atoms with Gasteiger partial charge in [-0.15, -0.1) is 0 Å². The molecule has 2 aromatic rings. The molecule has 0 aliphatic rings. The molecule has 0 fully saturated rings. The van der Waals surface area contributed by atoms with Crippen LogP contribution in [0.25, 0.3) is 0 Å². The molecule has 0 aromatic heterocycles. The molecule has 3 heteroatoms. The van der Waals surface area contributed by atoms with Gasteiger partial charge in [0.25, 0.3) is 0 Å². The summed E-state index contributed by atoms with van der Waals surface area (Å²) < 4.78 is 12.9. The lowest BCUT2D eigenvalue weighted by atomic mass is 10.1. The zero-order valence-corrected chi connectivity index (χ0v) is 12.3. The number of benzene rings is 2. The molecule has 0 bridgehead atoms. The van der Waals surface area contributed by atoms with Gasteiger partial charge in [-0.05, 0) is 43.0 Å². The standard InChI is InChI=1S/C17H19ClFN/c1-13(7-8-14-5-3-2-4-6-14)20-12-15-9-10-16(19)11-17(15)18/h2-6,9-11,13,20H,7-8,12H2,1H3. The third-order valence-corrected chi connectivity index (χ3v) is 3.72. The van der Waals surface area contributed by atoms with Gasteiger partial charge in [-0.25, -0.2) is 4.39 Å². The molecule has 2 rings (SSSR count). The van der Waals surface area contributed by atoms with Crippen molar-refractivity contribution in [3.63, 3.8) is 0 Å². The van der Waals surface area contributed by atoms with E-state index in [4.69, 9.17) is 11.6 Å². The van der Waals surface area contributed by atoms with Gasteiger partial charge in [0.05, 0.1) is 0 Å². The van der Waals surface area contributed by atoms with Crippen LogP contribution in [-0.4, -0.2) is 6.04 Å². The van der Waals surface area contributed by atoms with Gasteiger partial charge >= 0.3 is 0 Å². The molecule has 2 aromatic carbocycles. The zero-order valence-electron chi connectivity index (χ0n) is 11.6. The van der Waals surface area contributed by atoms with Crippen LogP contribution >= 0.6 is 11.6 Å². The van der Waals surface area contributed by atoms with Crippen molar-refractivity contribution < 1.29 is 4.39 Å². The normalized spacial score (nSPS) is 12.3. The first-order valence-electron chi connectivity index (χ1n) is 6.86. The lowest BCUT2D eigenvalue weighted by Crippen LogP contribution is -2.26. The van der Waals surface area contributed by atoms with Crippen molar-refractivity contribution >= 4 is 11.6 Å². The van der Waals surface area contributed by atoms with E-state index in [-0.39, 0.29) is 5.82 Å². The second-order valence-corrected chi connectivity index (χ2v) is 5.45. The first-order valence-corrected chi connectivity index (χ1v) is 7.24. The second-order valence-electron chi connectivity index (χ2n) is 5.04. The third-order valence-electron chi connectivity index (χ3n) is 3.36. The Labute approximate surface area is 124 Å². The molecule has 0 heterocycles. The van der Waals surface area contributed by atoms with E-state index in [0.717, 1.165) is 18.4 Å². The maximum absolute atomic E-state index is 12.9. The van der Waals surface area contributed by atoms with Crippen LogP contribution in [0, 0.1) is 5.82 Å². The van der Waals surface area contributed by atoms with Gasteiger partial charge in [0.1, 0.15) is 5.82 Å². The minimum absolute atomic E-state index is 0.295. The number of nitrogens with one attached hydrogen (secondary N) is 1. The Morgan fingerprint density at radius 3 is 2.60 bits per heavy atom. The smallest absolute Gasteiger partial charge is 0.124 e. The quantitative estimate of drug-likeness (QED) is 0.821. The van der Waals surface area contributed by atoms with Gasteiger partial charge in [-0.2, -0.15) is 0 Å². The molecule has 0 saturated carbocycles. The fourth-order valence-corrected chi connectivity index (χ4v) is 2.31. The fourth-order valence-electron chi connectivity index (χ4n) is 2.08. The molecule has 0 saturated heterocycles. The maximum Gasteiger partial charge on any atom is 0.124 e. The highest BCUT2D eigenvalue weighted by Gasteiger charge is 2.05. The summed E-state index contributed by atoms with van der Waals surface area (Å²) in [7, 11) is 0. The number of halogens is 2. The average molecular weight is 292 g/mol. The van der Waals surface area contributed by atoms with Crippen LogP contribution in [0.2, 0.25) is 5.02 Å². The molecule has 0 aliphatic carbocycles. The predicted molar refractivity (Wildman–Crippen MR) is 82.5 cm³/mol. The van der Waals surface area contributed by atoms with Crippen molar-refractivity contribution in [2.45, 2.75) is 32.4 Å². The number of aryl methyl sites for hydroxylation is 1. The highest BCUT2D eigenvalue weighted by Crippen LogP contribution is 2.17. The van der Waals surface area contributed by atoms with Crippen molar-refractivity contribution in [2.75, 3.05) is 0 Å². The van der Waals surface area contributed by atoms with Crippen LogP contribution in [0.3, 0.4) is 0 Å². The van der Waals surface area contributed by atoms with Crippen molar-refractivity contribution in [2.24, 2.45) is 0 Å². The molecule has 1 N–H and O–H groups in total. The molecular formula is C17H19ClFN. The Bertz CT molecular complexity index is 542. The molecule has 0 amide bonds. The van der Waals surface area contributed by atoms with Crippen LogP contribution in [0.15, 0.2) is 48.5 Å². The first-order chi connectivity index (χ1) is 9.65. The van der Waals surface area contributed by atoms with Gasteiger partial charge in [0.2, 0.25) is 0 Å². The molecule has 0 aliphatic heterocycles. The van der Waals surface area contributed by atoms with E-state index in [1.165, 1.54) is 17.7 Å². The number of hydrogen-bond donors (Lipinski definition) is 1. The molecule has 20 heavy (non-hydrogen) atoms. The van der Waals surface area contributed by atoms with Gasteiger partial charge < -0.3 is 5.32 Å². The van der Waals surface area contributed by atoms with Crippen LogP contribution in [0.1, 0.15) is 24.5 Å². The minimum atomic E-state index is -0.295. The van der Waals surface area contributed by atoms with E-state index in [2.05, 4.69) is 36.5 Å². The summed E-state index contributed by atoms with van der Waals surface area (Å²) in [6.07, 6.45) is 2.11. The zero-order chi connectivity index (χ0) is 14.4. The summed E-state index contributed by atoms with van der Waals surface area (Å²) in [5.74, 6) is -0.295. The molecule has 106 valence electrons. The van der Waals surface area contributed by atoms with Gasteiger partial charge in [-0.1, -0.05) is 48.0 Å². The maximum atomic E-state index is 12.9. The van der Waals surface area contributed by atoms with Crippen LogP contribution < -0.4 is 5.32 Å². The topological polar surface area (TPSA) is 12.0 Å². The Hall–Kier alpha value is -1.38. The largest absolute Gasteiger partial charge is 0.310 e. The van der Waals surface area contributed by atoms with E-state index < -0.39 is 0 Å². The first kappa shape index (κ1) is 15.0. The van der Waals surface area contributed by atoms with E-state index in [1.54, 1.807) is 6.07 Å². The number of hydrogen-bond acceptors (Lipinski definition) is 1. The van der Waals surface area contributed by atoms with Crippen LogP contribution in [0.5, 0.6) is 0 Å². The summed E-state index contributed by atoms with van der Waals surface area (Å²) in [6.45, 7) is 2.81. The molecule has 1 atom stereocenters. The average Bonchev–Trinajstić information content (AvgIpc) is 2.45. The van der Waals surface area contributed by atoms with E-state index >= 15 is 0 Å². The third kappa shape index (κ3) is 4.62. The van der Waals surface area contributed by atoms with E-state index in [1.807, 2.05) is 6.07 Å². The van der Waals surface area contributed by atoms with Crippen molar-refractivity contribution in [1.29, 1.82) is 0 Å². The Morgan fingerprint density at radius 1 is 1.15 bits per heavy atom. The van der Waals surface area contributed by atoms with Gasteiger partial charge in [0, 0.05) is 17.6 Å². The Balaban J connectivity index is 1.79. The summed E-state index contributed by atoms with van der Waals surface area (Å²) >= 11 is 6.01. The summed E-state index contributed by atoms with van der Waals surface area (Å²) in [5, 5.41) is 3.90. The molecular weight excluding hydrogens is 273 g/mol. The van der Waals surface area contributed by atoms with Gasteiger partial charge in [0.15, 0.2) is 0 Å². The van der Waals surface area contributed by atoms with Crippen molar-refractivity contribution in [3.05, 3.63) is 70.5 Å². The lowest BCUT2D eigenvalue weighted by molar-refractivity contribution is 0.513. The Kier molecular flexibility index (Phi) is 5.57. The second kappa shape index (κ2) is 7.41. The lowest BCUT2D eigenvalue weighted by Gasteiger charge is -2.14. The molecule has 0 spiro atoms.